The Hall–Kier alpha value is -2.76. The van der Waals surface area contributed by atoms with Crippen molar-refractivity contribution in [3.05, 3.63) is 91.0 Å². The maximum Gasteiger partial charge on any atom is 0.296 e. The second-order valence-corrected chi connectivity index (χ2v) is 22.5. The molecular formula is C38H52NO8P3. The molecule has 12 heteroatoms. The van der Waals surface area contributed by atoms with Crippen molar-refractivity contribution in [1.29, 1.82) is 0 Å². The Bertz CT molecular complexity index is 1770. The lowest BCUT2D eigenvalue weighted by molar-refractivity contribution is -0.119. The molecule has 0 aliphatic rings. The molecule has 0 aromatic heterocycles. The van der Waals surface area contributed by atoms with Gasteiger partial charge in [-0.1, -0.05) is 117 Å². The zero-order valence-electron chi connectivity index (χ0n) is 30.8. The lowest BCUT2D eigenvalue weighted by atomic mass is 9.99. The number of nitrogens with zero attached hydrogens (tertiary/aromatic N) is 1. The molecule has 0 spiro atoms. The van der Waals surface area contributed by atoms with Crippen LogP contribution in [0.4, 0.5) is 0 Å². The fourth-order valence-corrected chi connectivity index (χ4v) is 12.9. The van der Waals surface area contributed by atoms with Gasteiger partial charge in [-0.2, -0.15) is 0 Å². The number of hydrogen-bond acceptors (Lipinski definition) is 8. The van der Waals surface area contributed by atoms with Crippen molar-refractivity contribution in [3.8, 4) is 0 Å². The molecule has 0 radical (unpaired) electrons. The van der Waals surface area contributed by atoms with Crippen LogP contribution in [0.25, 0.3) is 0 Å². The summed E-state index contributed by atoms with van der Waals surface area (Å²) in [5.41, 5.74) is -4.53. The van der Waals surface area contributed by atoms with Gasteiger partial charge in [0, 0.05) is 45.2 Å². The second-order valence-electron chi connectivity index (χ2n) is 15.3. The van der Waals surface area contributed by atoms with Crippen LogP contribution in [0.5, 0.6) is 0 Å². The second kappa shape index (κ2) is 16.3. The third-order valence-electron chi connectivity index (χ3n) is 7.89. The molecule has 3 atom stereocenters. The Labute approximate surface area is 297 Å². The summed E-state index contributed by atoms with van der Waals surface area (Å²) in [5.74, 6) is 0. The Balaban J connectivity index is 2.01. The van der Waals surface area contributed by atoms with Gasteiger partial charge >= 0.3 is 0 Å². The average Bonchev–Trinajstić information content (AvgIpc) is 3.07. The van der Waals surface area contributed by atoms with E-state index < -0.39 is 54.8 Å². The maximum absolute atomic E-state index is 15.3. The highest BCUT2D eigenvalue weighted by Crippen LogP contribution is 2.56. The predicted octanol–water partition coefficient (Wildman–Crippen LogP) is 8.24. The van der Waals surface area contributed by atoms with E-state index in [1.165, 1.54) is 4.67 Å². The molecule has 3 unspecified atom stereocenters. The fraction of sp³-hybridized carbons (Fsp3) is 0.447. The number of hydrogen-bond donors (Lipinski definition) is 0. The molecule has 0 saturated heterocycles. The van der Waals surface area contributed by atoms with E-state index in [1.807, 2.05) is 0 Å². The van der Waals surface area contributed by atoms with E-state index in [9.17, 15) is 23.5 Å². The molecule has 50 heavy (non-hydrogen) atoms. The van der Waals surface area contributed by atoms with Crippen molar-refractivity contribution >= 4 is 54.5 Å². The van der Waals surface area contributed by atoms with Gasteiger partial charge < -0.3 is 9.05 Å². The Morgan fingerprint density at radius 3 is 1.20 bits per heavy atom. The smallest absolute Gasteiger partial charge is 0.296 e. The van der Waals surface area contributed by atoms with Crippen molar-refractivity contribution in [1.82, 2.24) is 4.67 Å². The van der Waals surface area contributed by atoms with Gasteiger partial charge in [-0.25, -0.2) is 4.67 Å². The first-order chi connectivity index (χ1) is 23.1. The number of carbonyl (C=O) groups is 3. The summed E-state index contributed by atoms with van der Waals surface area (Å²) in [7, 11) is -12.1. The highest BCUT2D eigenvalue weighted by atomic mass is 31.2. The van der Waals surface area contributed by atoms with Gasteiger partial charge in [-0.3, -0.25) is 28.1 Å². The number of carbonyl (C=O) groups excluding carboxylic acids is 3. The van der Waals surface area contributed by atoms with Crippen molar-refractivity contribution in [2.24, 2.45) is 16.2 Å². The fourth-order valence-electron chi connectivity index (χ4n) is 5.23. The van der Waals surface area contributed by atoms with Crippen LogP contribution in [-0.2, 0) is 37.1 Å². The molecule has 272 valence electrons. The summed E-state index contributed by atoms with van der Waals surface area (Å²) in [5, 5.41) is 0.844. The van der Waals surface area contributed by atoms with E-state index in [1.54, 1.807) is 153 Å². The van der Waals surface area contributed by atoms with E-state index in [0.717, 1.165) is 0 Å². The summed E-state index contributed by atoms with van der Waals surface area (Å²) < 4.78 is 57.4. The van der Waals surface area contributed by atoms with Crippen LogP contribution in [0.1, 0.15) is 68.7 Å². The van der Waals surface area contributed by atoms with Gasteiger partial charge in [0.25, 0.3) is 14.7 Å². The summed E-state index contributed by atoms with van der Waals surface area (Å²) in [6.45, 7) is 14.6. The lowest BCUT2D eigenvalue weighted by Crippen LogP contribution is -2.38. The molecular weight excluding hydrogens is 691 g/mol. The zero-order valence-corrected chi connectivity index (χ0v) is 33.4. The minimum absolute atomic E-state index is 0.0126. The van der Waals surface area contributed by atoms with E-state index in [2.05, 4.69) is 0 Å². The SMILES string of the molecule is CC(C)(C)C(=O)P(=O)(OCCCN(CCOP(=O)(C(=O)C(C)(C)C)c1ccccc1)P(=O)(C(=O)C(C)(C)C)c1ccccc1)c1ccccc1. The third-order valence-corrected chi connectivity index (χ3v) is 16.8. The molecule has 0 fully saturated rings. The van der Waals surface area contributed by atoms with Gasteiger partial charge in [0.15, 0.2) is 0 Å². The molecule has 0 saturated carbocycles. The monoisotopic (exact) mass is 743 g/mol. The summed E-state index contributed by atoms with van der Waals surface area (Å²) in [6, 6.07) is 25.1. The molecule has 0 aliphatic carbocycles. The molecule has 3 aromatic rings. The molecule has 0 N–H and O–H groups in total. The van der Waals surface area contributed by atoms with Crippen LogP contribution >= 0.6 is 22.0 Å². The van der Waals surface area contributed by atoms with Crippen LogP contribution in [0.15, 0.2) is 91.0 Å². The minimum atomic E-state index is -4.08. The molecule has 0 bridgehead atoms. The van der Waals surface area contributed by atoms with Crippen LogP contribution in [0, 0.1) is 16.2 Å². The topological polar surface area (TPSA) is 124 Å². The van der Waals surface area contributed by atoms with Crippen LogP contribution in [-0.4, -0.2) is 47.5 Å². The first-order valence-electron chi connectivity index (χ1n) is 16.8. The van der Waals surface area contributed by atoms with Crippen molar-refractivity contribution in [2.75, 3.05) is 26.3 Å². The molecule has 0 heterocycles. The summed E-state index contributed by atoms with van der Waals surface area (Å²) in [6.07, 6.45) is 0.139. The standard InChI is InChI=1S/C38H52NO8P3/c1-36(2,3)33(40)48(43,30-20-13-10-14-21-30)39(27-29-47-50(45,35(42)38(7,8)9)32-24-17-12-18-25-32)26-19-28-46-49(44,34(41)37(4,5)6)31-22-15-11-16-23-31/h10-18,20-25H,19,26-29H2,1-9H3. The molecule has 3 aromatic carbocycles. The van der Waals surface area contributed by atoms with Crippen molar-refractivity contribution in [3.63, 3.8) is 0 Å². The maximum atomic E-state index is 15.3. The minimum Gasteiger partial charge on any atom is -0.320 e. The van der Waals surface area contributed by atoms with Gasteiger partial charge in [-0.05, 0) is 42.8 Å². The van der Waals surface area contributed by atoms with Crippen LogP contribution in [0.2, 0.25) is 0 Å². The van der Waals surface area contributed by atoms with Gasteiger partial charge in [-0.15, -0.1) is 0 Å². The zero-order chi connectivity index (χ0) is 37.6. The largest absolute Gasteiger partial charge is 0.320 e. The molecule has 3 rings (SSSR count). The lowest BCUT2D eigenvalue weighted by Gasteiger charge is -2.35. The van der Waals surface area contributed by atoms with Gasteiger partial charge in [0.05, 0.1) is 13.2 Å². The normalized spacial score (nSPS) is 16.2. The van der Waals surface area contributed by atoms with Crippen molar-refractivity contribution < 1.29 is 37.1 Å². The van der Waals surface area contributed by atoms with E-state index in [-0.39, 0.29) is 43.3 Å². The Morgan fingerprint density at radius 1 is 0.500 bits per heavy atom. The van der Waals surface area contributed by atoms with E-state index in [0.29, 0.717) is 5.30 Å². The first-order valence-corrected chi connectivity index (χ1v) is 21.7. The highest BCUT2D eigenvalue weighted by molar-refractivity contribution is 7.85. The third kappa shape index (κ3) is 9.56. The molecule has 9 nitrogen and oxygen atoms in total. The predicted molar refractivity (Wildman–Crippen MR) is 203 cm³/mol. The number of rotatable bonds is 16. The average molecular weight is 744 g/mol. The molecule has 0 aliphatic heterocycles. The molecule has 0 amide bonds. The van der Waals surface area contributed by atoms with Crippen molar-refractivity contribution in [2.45, 2.75) is 68.7 Å². The number of benzene rings is 3. The first kappa shape index (κ1) is 41.7. The van der Waals surface area contributed by atoms with E-state index >= 15 is 4.57 Å². The quantitative estimate of drug-likeness (QED) is 0.105. The van der Waals surface area contributed by atoms with Gasteiger partial charge in [0.2, 0.25) is 23.9 Å². The Morgan fingerprint density at radius 2 is 0.840 bits per heavy atom. The highest BCUT2D eigenvalue weighted by Gasteiger charge is 2.47. The summed E-state index contributed by atoms with van der Waals surface area (Å²) in [4.78, 5) is 41.2. The van der Waals surface area contributed by atoms with Crippen LogP contribution < -0.4 is 15.9 Å². The van der Waals surface area contributed by atoms with Crippen LogP contribution in [0.3, 0.4) is 0 Å². The van der Waals surface area contributed by atoms with Gasteiger partial charge in [0.1, 0.15) is 0 Å². The Kier molecular flexibility index (Phi) is 13.6. The van der Waals surface area contributed by atoms with E-state index in [4.69, 9.17) is 9.05 Å². The summed E-state index contributed by atoms with van der Waals surface area (Å²) >= 11 is 0.